The molecule has 0 aliphatic heterocycles. The second-order valence-corrected chi connectivity index (χ2v) is 8.98. The van der Waals surface area contributed by atoms with Gasteiger partial charge in [0.25, 0.3) is 5.56 Å². The summed E-state index contributed by atoms with van der Waals surface area (Å²) in [4.78, 5) is 16.7. The normalized spacial score (nSPS) is 14.2. The number of hydrogen-bond donors (Lipinski definition) is 0. The minimum Gasteiger partial charge on any atom is -0.379 e. The van der Waals surface area contributed by atoms with Gasteiger partial charge in [0.1, 0.15) is 5.52 Å². The maximum atomic E-state index is 13.9. The first-order valence-corrected chi connectivity index (χ1v) is 11.7. The number of azide groups is 1. The Morgan fingerprint density at radius 1 is 1.18 bits per heavy atom. The Labute approximate surface area is 197 Å². The maximum Gasteiger partial charge on any atom is 0.262 e. The highest BCUT2D eigenvalue weighted by Crippen LogP contribution is 2.31. The Morgan fingerprint density at radius 2 is 1.91 bits per heavy atom. The van der Waals surface area contributed by atoms with Gasteiger partial charge in [0, 0.05) is 23.1 Å². The SMILES string of the molecule is COC(CN=[N+]=[N-])Cn1c(=O)c2c(C)n(Cc3ccccc3)nc2c2cc3c(cc21)CCCC3. The summed E-state index contributed by atoms with van der Waals surface area (Å²) in [6.45, 7) is 3.03. The smallest absolute Gasteiger partial charge is 0.262 e. The summed E-state index contributed by atoms with van der Waals surface area (Å²) >= 11 is 0. The van der Waals surface area contributed by atoms with Crippen molar-refractivity contribution < 1.29 is 4.74 Å². The van der Waals surface area contributed by atoms with E-state index in [-0.39, 0.29) is 12.1 Å². The van der Waals surface area contributed by atoms with Crippen LogP contribution in [0.5, 0.6) is 0 Å². The molecule has 174 valence electrons. The Hall–Kier alpha value is -3.61. The fourth-order valence-corrected chi connectivity index (χ4v) is 5.05. The zero-order valence-corrected chi connectivity index (χ0v) is 19.6. The molecule has 1 aliphatic carbocycles. The first kappa shape index (κ1) is 22.2. The monoisotopic (exact) mass is 456 g/mol. The lowest BCUT2D eigenvalue weighted by Crippen LogP contribution is -2.30. The van der Waals surface area contributed by atoms with Gasteiger partial charge in [0.2, 0.25) is 0 Å². The van der Waals surface area contributed by atoms with Gasteiger partial charge in [0.05, 0.1) is 36.6 Å². The molecule has 0 spiro atoms. The molecule has 0 saturated carbocycles. The number of pyridine rings is 1. The van der Waals surface area contributed by atoms with Crippen molar-refractivity contribution in [1.82, 2.24) is 14.3 Å². The van der Waals surface area contributed by atoms with Crippen molar-refractivity contribution >= 4 is 21.8 Å². The quantitative estimate of drug-likeness (QED) is 0.224. The molecule has 2 heterocycles. The highest BCUT2D eigenvalue weighted by molar-refractivity contribution is 6.04. The molecule has 5 rings (SSSR count). The van der Waals surface area contributed by atoms with Gasteiger partial charge >= 0.3 is 0 Å². The molecule has 2 aromatic carbocycles. The average Bonchev–Trinajstić information content (AvgIpc) is 3.19. The van der Waals surface area contributed by atoms with Crippen LogP contribution < -0.4 is 5.56 Å². The molecule has 0 radical (unpaired) electrons. The van der Waals surface area contributed by atoms with E-state index in [4.69, 9.17) is 15.4 Å². The van der Waals surface area contributed by atoms with Crippen LogP contribution in [0.2, 0.25) is 0 Å². The lowest BCUT2D eigenvalue weighted by atomic mass is 9.90. The summed E-state index contributed by atoms with van der Waals surface area (Å²) in [5.41, 5.74) is 14.9. The molecule has 0 amide bonds. The molecule has 34 heavy (non-hydrogen) atoms. The van der Waals surface area contributed by atoms with Crippen LogP contribution in [0, 0.1) is 6.92 Å². The van der Waals surface area contributed by atoms with Gasteiger partial charge in [-0.2, -0.15) is 5.10 Å². The Bertz CT molecular complexity index is 1460. The molecular weight excluding hydrogens is 428 g/mol. The van der Waals surface area contributed by atoms with E-state index >= 15 is 0 Å². The molecule has 0 saturated heterocycles. The van der Waals surface area contributed by atoms with Gasteiger partial charge in [-0.25, -0.2) is 0 Å². The van der Waals surface area contributed by atoms with Crippen molar-refractivity contribution in [3.05, 3.63) is 85.6 Å². The number of aromatic nitrogens is 3. The van der Waals surface area contributed by atoms with E-state index in [0.29, 0.717) is 18.5 Å². The third kappa shape index (κ3) is 3.95. The van der Waals surface area contributed by atoms with Crippen molar-refractivity contribution in [2.24, 2.45) is 5.11 Å². The average molecular weight is 457 g/mol. The highest BCUT2D eigenvalue weighted by Gasteiger charge is 2.22. The van der Waals surface area contributed by atoms with E-state index in [1.165, 1.54) is 17.5 Å². The van der Waals surface area contributed by atoms with Crippen molar-refractivity contribution in [1.29, 1.82) is 0 Å². The third-order valence-corrected chi connectivity index (χ3v) is 6.91. The molecule has 0 fully saturated rings. The van der Waals surface area contributed by atoms with Crippen LogP contribution >= 0.6 is 0 Å². The zero-order chi connectivity index (χ0) is 23.7. The maximum absolute atomic E-state index is 13.9. The number of aryl methyl sites for hydroxylation is 3. The fourth-order valence-electron chi connectivity index (χ4n) is 5.05. The minimum atomic E-state index is -0.398. The predicted molar refractivity (Wildman–Crippen MR) is 133 cm³/mol. The molecule has 0 N–H and O–H groups in total. The second kappa shape index (κ2) is 9.33. The molecule has 0 bridgehead atoms. The third-order valence-electron chi connectivity index (χ3n) is 6.91. The number of hydrogen-bond acceptors (Lipinski definition) is 4. The lowest BCUT2D eigenvalue weighted by Gasteiger charge is -2.21. The largest absolute Gasteiger partial charge is 0.379 e. The van der Waals surface area contributed by atoms with Crippen LogP contribution in [0.1, 0.15) is 35.2 Å². The molecular formula is C26H28N6O2. The first-order chi connectivity index (χ1) is 16.6. The molecule has 8 nitrogen and oxygen atoms in total. The minimum absolute atomic E-state index is 0.0851. The molecule has 1 unspecified atom stereocenters. The van der Waals surface area contributed by atoms with Crippen molar-refractivity contribution in [3.63, 3.8) is 0 Å². The molecule has 1 atom stereocenters. The summed E-state index contributed by atoms with van der Waals surface area (Å²) in [5.74, 6) is 0. The lowest BCUT2D eigenvalue weighted by molar-refractivity contribution is 0.0950. The number of fused-ring (bicyclic) bond motifs is 4. The fraction of sp³-hybridized carbons (Fsp3) is 0.385. The molecule has 4 aromatic rings. The summed E-state index contributed by atoms with van der Waals surface area (Å²) in [6, 6.07) is 14.5. The molecule has 8 heteroatoms. The Balaban J connectivity index is 1.75. The van der Waals surface area contributed by atoms with Crippen molar-refractivity contribution in [2.75, 3.05) is 13.7 Å². The Kier molecular flexibility index (Phi) is 6.09. The van der Waals surface area contributed by atoms with Crippen molar-refractivity contribution in [2.45, 2.75) is 51.8 Å². The van der Waals surface area contributed by atoms with Crippen molar-refractivity contribution in [3.8, 4) is 0 Å². The van der Waals surface area contributed by atoms with Crippen LogP contribution in [0.25, 0.3) is 32.2 Å². The summed E-state index contributed by atoms with van der Waals surface area (Å²) in [7, 11) is 1.58. The van der Waals surface area contributed by atoms with Crippen LogP contribution in [-0.4, -0.2) is 34.1 Å². The van der Waals surface area contributed by atoms with E-state index in [1.54, 1.807) is 11.7 Å². The topological polar surface area (TPSA) is 97.8 Å². The van der Waals surface area contributed by atoms with Crippen LogP contribution in [0.4, 0.5) is 0 Å². The van der Waals surface area contributed by atoms with Gasteiger partial charge in [-0.05, 0) is 67.0 Å². The van der Waals surface area contributed by atoms with Gasteiger partial charge in [-0.1, -0.05) is 35.4 Å². The second-order valence-electron chi connectivity index (χ2n) is 8.98. The number of ether oxygens (including phenoxy) is 1. The van der Waals surface area contributed by atoms with Gasteiger partial charge in [0.15, 0.2) is 0 Å². The van der Waals surface area contributed by atoms with E-state index < -0.39 is 6.10 Å². The van der Waals surface area contributed by atoms with Crippen LogP contribution in [0.3, 0.4) is 0 Å². The summed E-state index contributed by atoms with van der Waals surface area (Å²) < 4.78 is 9.27. The zero-order valence-electron chi connectivity index (χ0n) is 19.6. The van der Waals surface area contributed by atoms with E-state index in [1.807, 2.05) is 29.8 Å². The van der Waals surface area contributed by atoms with E-state index in [9.17, 15) is 4.79 Å². The first-order valence-electron chi connectivity index (χ1n) is 11.7. The number of rotatable bonds is 7. The van der Waals surface area contributed by atoms with Gasteiger partial charge in [-0.15, -0.1) is 0 Å². The summed E-state index contributed by atoms with van der Waals surface area (Å²) in [5, 5.41) is 10.2. The van der Waals surface area contributed by atoms with Gasteiger partial charge < -0.3 is 9.30 Å². The van der Waals surface area contributed by atoms with Crippen LogP contribution in [0.15, 0.2) is 52.4 Å². The van der Waals surface area contributed by atoms with Gasteiger partial charge in [-0.3, -0.25) is 9.48 Å². The molecule has 2 aromatic heterocycles. The number of benzene rings is 2. The van der Waals surface area contributed by atoms with E-state index in [0.717, 1.165) is 46.9 Å². The number of methoxy groups -OCH3 is 1. The predicted octanol–water partition coefficient (Wildman–Crippen LogP) is 4.91. The Morgan fingerprint density at radius 3 is 2.62 bits per heavy atom. The number of nitrogens with zero attached hydrogens (tertiary/aromatic N) is 6. The summed E-state index contributed by atoms with van der Waals surface area (Å²) in [6.07, 6.45) is 4.01. The standard InChI is InChI=1S/C26H28N6O2/c1-17-24-25(29-32(17)15-18-8-4-3-5-9-18)22-12-19-10-6-7-11-20(19)13-23(22)31(26(24)33)16-21(34-2)14-28-30-27/h3-5,8-9,12-13,21H,6-7,10-11,14-16H2,1-2H3. The van der Waals surface area contributed by atoms with Crippen LogP contribution in [-0.2, 0) is 30.7 Å². The molecule has 1 aliphatic rings. The van der Waals surface area contributed by atoms with E-state index in [2.05, 4.69) is 34.3 Å². The highest BCUT2D eigenvalue weighted by atomic mass is 16.5.